The van der Waals surface area contributed by atoms with Gasteiger partial charge in [-0.2, -0.15) is 0 Å². The van der Waals surface area contributed by atoms with Gasteiger partial charge in [0.1, 0.15) is 0 Å². The van der Waals surface area contributed by atoms with Gasteiger partial charge in [0.15, 0.2) is 0 Å². The highest BCUT2D eigenvalue weighted by atomic mass is 16.5. The van der Waals surface area contributed by atoms with E-state index in [0.29, 0.717) is 37.4 Å². The largest absolute Gasteiger partial charge is 0.382 e. The minimum absolute atomic E-state index is 0.402. The number of rotatable bonds is 9. The van der Waals surface area contributed by atoms with Gasteiger partial charge >= 0.3 is 0 Å². The maximum atomic E-state index is 6.18. The third kappa shape index (κ3) is 4.41. The Kier molecular flexibility index (Phi) is 7.44. The van der Waals surface area contributed by atoms with Gasteiger partial charge in [-0.3, -0.25) is 0 Å². The quantitative estimate of drug-likeness (QED) is 0.665. The summed E-state index contributed by atoms with van der Waals surface area (Å²) in [4.78, 5) is 0. The fourth-order valence-corrected chi connectivity index (χ4v) is 4.07. The second-order valence-corrected chi connectivity index (χ2v) is 6.46. The topological polar surface area (TPSA) is 39.7 Å². The summed E-state index contributed by atoms with van der Waals surface area (Å²) in [5.41, 5.74) is 0.402. The molecule has 2 saturated carbocycles. The fraction of sp³-hybridized carbons (Fsp3) is 1.00. The molecule has 1 N–H and O–H groups in total. The van der Waals surface area contributed by atoms with Crippen molar-refractivity contribution in [2.24, 2.45) is 5.41 Å². The Bertz CT molecular complexity index is 277. The molecule has 2 unspecified atom stereocenters. The van der Waals surface area contributed by atoms with Crippen LogP contribution >= 0.6 is 0 Å². The van der Waals surface area contributed by atoms with Crippen molar-refractivity contribution in [1.82, 2.24) is 5.32 Å². The monoisotopic (exact) mass is 299 g/mol. The fourth-order valence-electron chi connectivity index (χ4n) is 4.07. The summed E-state index contributed by atoms with van der Waals surface area (Å²) < 4.78 is 16.7. The van der Waals surface area contributed by atoms with E-state index in [4.69, 9.17) is 14.2 Å². The van der Waals surface area contributed by atoms with Crippen LogP contribution in [0, 0.1) is 5.41 Å². The number of hydrogen-bond donors (Lipinski definition) is 1. The molecule has 0 bridgehead atoms. The Hall–Kier alpha value is -0.160. The maximum Gasteiger partial charge on any atom is 0.0704 e. The van der Waals surface area contributed by atoms with E-state index in [-0.39, 0.29) is 0 Å². The standard InChI is InChI=1S/C17H33NO3/c1-3-18-15-14-16(21-13-12-20-11-10-19-2)17(15)8-6-4-5-7-9-17/h15-16,18H,3-14H2,1-2H3. The van der Waals surface area contributed by atoms with E-state index >= 15 is 0 Å². The molecule has 0 aromatic carbocycles. The predicted octanol–water partition coefficient (Wildman–Crippen LogP) is 2.76. The summed E-state index contributed by atoms with van der Waals surface area (Å²) in [5.74, 6) is 0. The van der Waals surface area contributed by atoms with Gasteiger partial charge in [-0.1, -0.05) is 32.6 Å². The number of methoxy groups -OCH3 is 1. The van der Waals surface area contributed by atoms with E-state index < -0.39 is 0 Å². The summed E-state index contributed by atoms with van der Waals surface area (Å²) >= 11 is 0. The van der Waals surface area contributed by atoms with Gasteiger partial charge in [0, 0.05) is 18.6 Å². The highest BCUT2D eigenvalue weighted by molar-refractivity contribution is 5.08. The van der Waals surface area contributed by atoms with Crippen LogP contribution in [0.1, 0.15) is 51.9 Å². The summed E-state index contributed by atoms with van der Waals surface area (Å²) in [5, 5.41) is 3.69. The zero-order valence-corrected chi connectivity index (χ0v) is 13.9. The first kappa shape index (κ1) is 17.2. The van der Waals surface area contributed by atoms with Crippen LogP contribution < -0.4 is 5.32 Å². The van der Waals surface area contributed by atoms with E-state index in [9.17, 15) is 0 Å². The van der Waals surface area contributed by atoms with Crippen LogP contribution in [0.15, 0.2) is 0 Å². The molecule has 124 valence electrons. The molecule has 2 aliphatic rings. The molecule has 1 spiro atoms. The van der Waals surface area contributed by atoms with Crippen LogP contribution in [0.25, 0.3) is 0 Å². The van der Waals surface area contributed by atoms with E-state index in [1.54, 1.807) is 7.11 Å². The minimum Gasteiger partial charge on any atom is -0.382 e. The summed E-state index contributed by atoms with van der Waals surface area (Å²) in [7, 11) is 1.70. The van der Waals surface area contributed by atoms with Crippen molar-refractivity contribution < 1.29 is 14.2 Å². The molecule has 0 aliphatic heterocycles. The Morgan fingerprint density at radius 3 is 2.38 bits per heavy atom. The highest BCUT2D eigenvalue weighted by Gasteiger charge is 2.54. The molecule has 0 amide bonds. The molecule has 21 heavy (non-hydrogen) atoms. The smallest absolute Gasteiger partial charge is 0.0704 e. The van der Waals surface area contributed by atoms with E-state index in [1.807, 2.05) is 0 Å². The SMILES string of the molecule is CCNC1CC(OCCOCCOC)C12CCCCCC2. The molecule has 4 heteroatoms. The average molecular weight is 299 g/mol. The van der Waals surface area contributed by atoms with E-state index in [0.717, 1.165) is 13.2 Å². The van der Waals surface area contributed by atoms with E-state index in [2.05, 4.69) is 12.2 Å². The molecule has 0 saturated heterocycles. The molecule has 4 nitrogen and oxygen atoms in total. The lowest BCUT2D eigenvalue weighted by Gasteiger charge is -2.56. The Labute approximate surface area is 129 Å². The lowest BCUT2D eigenvalue weighted by Crippen LogP contribution is -2.63. The molecule has 2 aliphatic carbocycles. The van der Waals surface area contributed by atoms with Crippen LogP contribution in [0.4, 0.5) is 0 Å². The summed E-state index contributed by atoms with van der Waals surface area (Å²) in [6, 6.07) is 0.667. The third-order valence-corrected chi connectivity index (χ3v) is 5.25. The maximum absolute atomic E-state index is 6.18. The summed E-state index contributed by atoms with van der Waals surface area (Å²) in [6.07, 6.45) is 9.80. The lowest BCUT2D eigenvalue weighted by molar-refractivity contribution is -0.151. The van der Waals surface area contributed by atoms with Crippen LogP contribution in [0.3, 0.4) is 0 Å². The molecule has 0 radical (unpaired) electrons. The third-order valence-electron chi connectivity index (χ3n) is 5.25. The van der Waals surface area contributed by atoms with Crippen molar-refractivity contribution in [2.45, 2.75) is 64.0 Å². The second kappa shape index (κ2) is 9.09. The van der Waals surface area contributed by atoms with Crippen LogP contribution in [0.5, 0.6) is 0 Å². The van der Waals surface area contributed by atoms with Gasteiger partial charge in [0.2, 0.25) is 0 Å². The van der Waals surface area contributed by atoms with Crippen LogP contribution in [0.2, 0.25) is 0 Å². The molecule has 2 rings (SSSR count). The number of nitrogens with one attached hydrogen (secondary N) is 1. The zero-order valence-electron chi connectivity index (χ0n) is 13.9. The molecule has 2 fully saturated rings. The van der Waals surface area contributed by atoms with Gasteiger partial charge in [-0.05, 0) is 25.8 Å². The molecule has 0 aromatic rings. The van der Waals surface area contributed by atoms with Crippen molar-refractivity contribution in [3.8, 4) is 0 Å². The summed E-state index contributed by atoms with van der Waals surface area (Å²) in [6.45, 7) is 6.00. The Morgan fingerprint density at radius 1 is 1.00 bits per heavy atom. The zero-order chi connectivity index (χ0) is 15.0. The molecule has 0 aromatic heterocycles. The Balaban J connectivity index is 1.76. The van der Waals surface area contributed by atoms with Gasteiger partial charge in [-0.25, -0.2) is 0 Å². The normalized spacial score (nSPS) is 28.3. The molecular formula is C17H33NO3. The first-order chi connectivity index (χ1) is 10.3. The van der Waals surface area contributed by atoms with Crippen LogP contribution in [-0.2, 0) is 14.2 Å². The molecular weight excluding hydrogens is 266 g/mol. The molecule has 0 heterocycles. The lowest BCUT2D eigenvalue weighted by atomic mass is 9.57. The van der Waals surface area contributed by atoms with Gasteiger partial charge in [0.25, 0.3) is 0 Å². The van der Waals surface area contributed by atoms with Crippen molar-refractivity contribution in [3.63, 3.8) is 0 Å². The highest BCUT2D eigenvalue weighted by Crippen LogP contribution is 2.52. The number of ether oxygens (including phenoxy) is 3. The first-order valence-corrected chi connectivity index (χ1v) is 8.75. The van der Waals surface area contributed by atoms with Crippen molar-refractivity contribution in [3.05, 3.63) is 0 Å². The van der Waals surface area contributed by atoms with Gasteiger partial charge < -0.3 is 19.5 Å². The second-order valence-electron chi connectivity index (χ2n) is 6.46. The average Bonchev–Trinajstić information content (AvgIpc) is 2.76. The van der Waals surface area contributed by atoms with E-state index in [1.165, 1.54) is 44.9 Å². The van der Waals surface area contributed by atoms with Crippen LogP contribution in [-0.4, -0.2) is 52.2 Å². The minimum atomic E-state index is 0.402. The van der Waals surface area contributed by atoms with Crippen molar-refractivity contribution in [2.75, 3.05) is 40.1 Å². The van der Waals surface area contributed by atoms with Crippen molar-refractivity contribution in [1.29, 1.82) is 0 Å². The van der Waals surface area contributed by atoms with Crippen molar-refractivity contribution >= 4 is 0 Å². The Morgan fingerprint density at radius 2 is 1.71 bits per heavy atom. The predicted molar refractivity (Wildman–Crippen MR) is 84.7 cm³/mol. The number of hydrogen-bond acceptors (Lipinski definition) is 4. The van der Waals surface area contributed by atoms with Gasteiger partial charge in [0.05, 0.1) is 32.5 Å². The first-order valence-electron chi connectivity index (χ1n) is 8.75. The molecule has 2 atom stereocenters. The van der Waals surface area contributed by atoms with Gasteiger partial charge in [-0.15, -0.1) is 0 Å².